The van der Waals surface area contributed by atoms with Gasteiger partial charge < -0.3 is 30.6 Å². The average molecular weight is 741 g/mol. The highest BCUT2D eigenvalue weighted by atomic mass is 32.2. The maximum absolute atomic E-state index is 9.89. The second-order valence-corrected chi connectivity index (χ2v) is 13.6. The van der Waals surface area contributed by atoms with Gasteiger partial charge in [-0.2, -0.15) is 8.42 Å². The molecule has 0 spiro atoms. The van der Waals surface area contributed by atoms with Gasteiger partial charge in [0.1, 0.15) is 9.84 Å². The number of ether oxygens (including phenoxy) is 3. The molecule has 0 bridgehead atoms. The number of rotatable bonds is 2. The van der Waals surface area contributed by atoms with E-state index in [0.29, 0.717) is 0 Å². The standard InChI is InChI=1S/C5H10.C3H7NO.2C3H6O2.C2H7NO2S.C2H7N.C2H6O3S.C2H6O2S.C2H6O.CH3NO/c1-4-5(2)3;1-3(5)4-2;2*1-3(4)5-2;1-3-6(2,4)5;1-3-2;1-5-6(2,3)4;1-5(2,3)4;1-3-2;2-1-3/h4H,1-3H3;1-2H3,(H,4,5);2*1-2H3;3H,1-2H3;3H,1-2H3;1-2H3;1-2H3;1-2H3;1H,(H2,2,3). The fourth-order valence-corrected chi connectivity index (χ4v) is 0. The molecule has 0 unspecified atom stereocenters. The van der Waals surface area contributed by atoms with E-state index in [1.165, 1.54) is 47.6 Å². The first-order chi connectivity index (χ1) is 20.4. The fourth-order valence-electron chi connectivity index (χ4n) is 0. The molecule has 46 heavy (non-hydrogen) atoms. The molecular formula is C25H64N4O14S3. The van der Waals surface area contributed by atoms with E-state index >= 15 is 0 Å². The summed E-state index contributed by atoms with van der Waals surface area (Å²) in [5, 5.41) is 5.14. The third-order valence-electron chi connectivity index (χ3n) is 2.18. The van der Waals surface area contributed by atoms with Gasteiger partial charge in [0.25, 0.3) is 10.1 Å². The number of hydrogen-bond acceptors (Lipinski definition) is 15. The third-order valence-corrected chi connectivity index (χ3v) is 3.52. The van der Waals surface area contributed by atoms with Gasteiger partial charge in [-0.15, -0.1) is 0 Å². The summed E-state index contributed by atoms with van der Waals surface area (Å²) in [5.41, 5.74) is 5.55. The molecule has 286 valence electrons. The van der Waals surface area contributed by atoms with E-state index in [1.54, 1.807) is 21.3 Å². The molecule has 0 aliphatic carbocycles. The van der Waals surface area contributed by atoms with Crippen LogP contribution in [0.1, 0.15) is 41.5 Å². The van der Waals surface area contributed by atoms with E-state index in [9.17, 15) is 39.6 Å². The topological polar surface area (TPSA) is 270 Å². The summed E-state index contributed by atoms with van der Waals surface area (Å²) in [5.74, 6) is -0.486. The second kappa shape index (κ2) is 54.8. The molecule has 0 fully saturated rings. The van der Waals surface area contributed by atoms with Crippen LogP contribution in [0.25, 0.3) is 0 Å². The molecule has 0 atom stereocenters. The summed E-state index contributed by atoms with van der Waals surface area (Å²) in [6.45, 7) is 10.4. The highest BCUT2D eigenvalue weighted by Crippen LogP contribution is 1.82. The Kier molecular flexibility index (Phi) is 83.2. The minimum Gasteiger partial charge on any atom is -0.469 e. The van der Waals surface area contributed by atoms with Crippen molar-refractivity contribution in [3.05, 3.63) is 11.6 Å². The molecule has 0 aliphatic rings. The molecule has 21 heteroatoms. The highest BCUT2D eigenvalue weighted by Gasteiger charge is 1.90. The Balaban J connectivity index is -0.0000000395. The Morgan fingerprint density at radius 2 is 0.783 bits per heavy atom. The molecule has 0 aliphatic heterocycles. The normalized spacial score (nSPS) is 8.33. The van der Waals surface area contributed by atoms with Gasteiger partial charge in [0.15, 0.2) is 0 Å². The molecule has 0 radical (unpaired) electrons. The summed E-state index contributed by atoms with van der Waals surface area (Å²) >= 11 is 0. The molecule has 0 rings (SSSR count). The van der Waals surface area contributed by atoms with Crippen molar-refractivity contribution in [2.24, 2.45) is 5.73 Å². The lowest BCUT2D eigenvalue weighted by atomic mass is 10.3. The van der Waals surface area contributed by atoms with Gasteiger partial charge in [0.05, 0.1) is 33.8 Å². The van der Waals surface area contributed by atoms with E-state index in [2.05, 4.69) is 59.4 Å². The zero-order valence-corrected chi connectivity index (χ0v) is 33.6. The molecular weight excluding hydrogens is 676 g/mol. The van der Waals surface area contributed by atoms with Gasteiger partial charge >= 0.3 is 11.9 Å². The van der Waals surface area contributed by atoms with Crippen LogP contribution in [-0.2, 0) is 67.6 Å². The number of carbonyl (C=O) groups is 4. The number of hydrogen-bond donors (Lipinski definition) is 4. The maximum atomic E-state index is 9.89. The lowest BCUT2D eigenvalue weighted by molar-refractivity contribution is -0.138. The van der Waals surface area contributed by atoms with E-state index < -0.39 is 30.0 Å². The van der Waals surface area contributed by atoms with Crippen LogP contribution < -0.4 is 21.1 Å². The van der Waals surface area contributed by atoms with Crippen molar-refractivity contribution < 1.29 is 62.8 Å². The molecule has 0 aromatic carbocycles. The molecule has 0 heterocycles. The predicted molar refractivity (Wildman–Crippen MR) is 185 cm³/mol. The zero-order valence-electron chi connectivity index (χ0n) is 31.2. The largest absolute Gasteiger partial charge is 0.469 e. The van der Waals surface area contributed by atoms with Crippen molar-refractivity contribution in [1.29, 1.82) is 0 Å². The van der Waals surface area contributed by atoms with Crippen LogP contribution in [-0.4, -0.2) is 138 Å². The molecule has 2 amide bonds. The molecule has 0 aromatic rings. The quantitative estimate of drug-likeness (QED) is 0.123. The van der Waals surface area contributed by atoms with Crippen molar-refractivity contribution in [3.8, 4) is 0 Å². The lowest BCUT2D eigenvalue weighted by Gasteiger charge is -1.85. The molecule has 0 saturated heterocycles. The Labute approximate surface area is 279 Å². The van der Waals surface area contributed by atoms with Crippen LogP contribution in [0.3, 0.4) is 0 Å². The number of methoxy groups -OCH3 is 3. The maximum Gasteiger partial charge on any atom is 0.302 e. The summed E-state index contributed by atoms with van der Waals surface area (Å²) in [6, 6.07) is 0. The number of amides is 2. The van der Waals surface area contributed by atoms with Crippen LogP contribution in [0.15, 0.2) is 11.6 Å². The van der Waals surface area contributed by atoms with E-state index in [1.807, 2.05) is 21.0 Å². The summed E-state index contributed by atoms with van der Waals surface area (Å²) < 4.78 is 77.1. The van der Waals surface area contributed by atoms with Crippen molar-refractivity contribution in [3.63, 3.8) is 0 Å². The smallest absolute Gasteiger partial charge is 0.302 e. The number of sulfonamides is 1. The van der Waals surface area contributed by atoms with Crippen LogP contribution in [0, 0.1) is 0 Å². The third kappa shape index (κ3) is 525. The van der Waals surface area contributed by atoms with E-state index in [4.69, 9.17) is 4.79 Å². The van der Waals surface area contributed by atoms with Gasteiger partial charge in [-0.1, -0.05) is 11.6 Å². The summed E-state index contributed by atoms with van der Waals surface area (Å²) in [6.07, 6.45) is 6.75. The summed E-state index contributed by atoms with van der Waals surface area (Å²) in [4.78, 5) is 37.5. The lowest BCUT2D eigenvalue weighted by Crippen LogP contribution is -2.15. The Hall–Kier alpha value is -2.69. The number of primary amides is 1. The van der Waals surface area contributed by atoms with Gasteiger partial charge in [0.2, 0.25) is 22.3 Å². The second-order valence-electron chi connectivity index (χ2n) is 7.60. The average Bonchev–Trinajstić information content (AvgIpc) is 2.90. The van der Waals surface area contributed by atoms with Crippen molar-refractivity contribution in [2.45, 2.75) is 41.5 Å². The first-order valence-corrected chi connectivity index (χ1v) is 18.3. The number of nitrogens with two attached hydrogens (primary N) is 1. The van der Waals surface area contributed by atoms with Gasteiger partial charge in [-0.05, 0) is 41.9 Å². The zero-order chi connectivity index (χ0) is 40.2. The van der Waals surface area contributed by atoms with E-state index in [-0.39, 0.29) is 24.3 Å². The number of nitrogens with one attached hydrogen (secondary N) is 3. The summed E-state index contributed by atoms with van der Waals surface area (Å²) in [7, 11) is 5.05. The minimum absolute atomic E-state index is 0.00463. The first kappa shape index (κ1) is 69.9. The van der Waals surface area contributed by atoms with Crippen LogP contribution in [0.2, 0.25) is 0 Å². The van der Waals surface area contributed by atoms with Gasteiger partial charge in [-0.3, -0.25) is 23.4 Å². The van der Waals surface area contributed by atoms with Crippen LogP contribution in [0.5, 0.6) is 0 Å². The number of allylic oxidation sites excluding steroid dienone is 2. The van der Waals surface area contributed by atoms with Gasteiger partial charge in [-0.25, -0.2) is 21.6 Å². The van der Waals surface area contributed by atoms with Crippen LogP contribution >= 0.6 is 0 Å². The van der Waals surface area contributed by atoms with E-state index in [0.717, 1.165) is 32.1 Å². The minimum atomic E-state index is -3.16. The number of esters is 2. The molecule has 0 saturated carbocycles. The Bertz CT molecular complexity index is 922. The monoisotopic (exact) mass is 740 g/mol. The predicted octanol–water partition coefficient (Wildman–Crippen LogP) is -0.298. The van der Waals surface area contributed by atoms with Crippen molar-refractivity contribution in [1.82, 2.24) is 15.4 Å². The van der Waals surface area contributed by atoms with Crippen molar-refractivity contribution >= 4 is 54.2 Å². The fraction of sp³-hybridized carbons (Fsp3) is 0.760. The first-order valence-electron chi connectivity index (χ1n) is 12.3. The highest BCUT2D eigenvalue weighted by molar-refractivity contribution is 7.90. The Morgan fingerprint density at radius 1 is 0.674 bits per heavy atom. The van der Waals surface area contributed by atoms with Gasteiger partial charge in [0, 0.05) is 54.6 Å². The van der Waals surface area contributed by atoms with Crippen LogP contribution in [0.4, 0.5) is 0 Å². The Morgan fingerprint density at radius 3 is 0.783 bits per heavy atom. The molecule has 5 N–H and O–H groups in total. The molecule has 18 nitrogen and oxygen atoms in total. The molecule has 0 aromatic heterocycles. The number of carbonyl (C=O) groups excluding carboxylic acids is 4. The number of sulfone groups is 1. The van der Waals surface area contributed by atoms with Crippen molar-refractivity contribution in [2.75, 3.05) is 88.8 Å². The SMILES string of the molecule is CC=C(C)C.CNC.CNC(C)=O.CNS(C)(=O)=O.COC.COC(C)=O.COC(C)=O.COS(C)(=O)=O.CS(C)(=O)=O.NC=O.